The molecule has 2 amide bonds. The van der Waals surface area contributed by atoms with Gasteiger partial charge in [-0.1, -0.05) is 0 Å². The summed E-state index contributed by atoms with van der Waals surface area (Å²) in [4.78, 5) is 34.2. The Morgan fingerprint density at radius 3 is 2.48 bits per heavy atom. The lowest BCUT2D eigenvalue weighted by molar-refractivity contribution is -0.386. The number of ether oxygens (including phenoxy) is 2. The van der Waals surface area contributed by atoms with E-state index < -0.39 is 28.4 Å². The second-order valence-electron chi connectivity index (χ2n) is 7.68. The maximum atomic E-state index is 12.4. The van der Waals surface area contributed by atoms with Crippen molar-refractivity contribution in [1.29, 1.82) is 0 Å². The summed E-state index contributed by atoms with van der Waals surface area (Å²) in [5.74, 6) is -1.29. The number of aromatic hydroxyl groups is 1. The van der Waals surface area contributed by atoms with Crippen molar-refractivity contribution in [2.45, 2.75) is 58.5 Å². The number of phenols is 1. The number of hydrogen-bond donors (Lipinski definition) is 3. The van der Waals surface area contributed by atoms with E-state index in [0.29, 0.717) is 19.3 Å². The van der Waals surface area contributed by atoms with Gasteiger partial charge in [0.05, 0.1) is 24.2 Å². The van der Waals surface area contributed by atoms with E-state index in [1.807, 2.05) is 20.8 Å². The van der Waals surface area contributed by atoms with E-state index >= 15 is 0 Å². The van der Waals surface area contributed by atoms with Crippen molar-refractivity contribution < 1.29 is 29.1 Å². The molecule has 0 aliphatic carbocycles. The first kappa shape index (κ1) is 24.0. The fourth-order valence-corrected chi connectivity index (χ4v) is 2.46. The highest BCUT2D eigenvalue weighted by atomic mass is 16.6. The third-order valence-electron chi connectivity index (χ3n) is 3.85. The summed E-state index contributed by atoms with van der Waals surface area (Å²) in [6, 6.07) is 2.04. The summed E-state index contributed by atoms with van der Waals surface area (Å²) in [5, 5.41) is 26.2. The Hall–Kier alpha value is -3.04. The molecule has 10 heteroatoms. The van der Waals surface area contributed by atoms with E-state index in [4.69, 9.17) is 9.47 Å². The second kappa shape index (κ2) is 10.5. The normalized spacial score (nSPS) is 12.0. The van der Waals surface area contributed by atoms with E-state index in [1.165, 1.54) is 13.2 Å². The van der Waals surface area contributed by atoms with Crippen LogP contribution >= 0.6 is 0 Å². The molecule has 1 atom stereocenters. The second-order valence-corrected chi connectivity index (χ2v) is 7.68. The number of nitro benzene ring substituents is 1. The van der Waals surface area contributed by atoms with Crippen molar-refractivity contribution >= 4 is 17.7 Å². The molecule has 0 bridgehead atoms. The first-order chi connectivity index (χ1) is 13.4. The first-order valence-electron chi connectivity index (χ1n) is 9.25. The van der Waals surface area contributed by atoms with Gasteiger partial charge >= 0.3 is 11.8 Å². The zero-order valence-corrected chi connectivity index (χ0v) is 17.4. The van der Waals surface area contributed by atoms with Crippen LogP contribution in [-0.4, -0.2) is 47.3 Å². The van der Waals surface area contributed by atoms with Gasteiger partial charge in [0, 0.05) is 17.6 Å². The quantitative estimate of drug-likeness (QED) is 0.322. The molecule has 0 aliphatic rings. The highest BCUT2D eigenvalue weighted by Crippen LogP contribution is 2.36. The minimum atomic E-state index is -0.784. The van der Waals surface area contributed by atoms with Gasteiger partial charge in [-0.15, -0.1) is 0 Å². The fourth-order valence-electron chi connectivity index (χ4n) is 2.46. The van der Waals surface area contributed by atoms with Gasteiger partial charge in [-0.05, 0) is 53.0 Å². The minimum Gasteiger partial charge on any atom is -0.500 e. The number of methoxy groups -OCH3 is 1. The summed E-state index contributed by atoms with van der Waals surface area (Å²) in [6.07, 6.45) is 1.51. The van der Waals surface area contributed by atoms with Gasteiger partial charge in [0.15, 0.2) is 5.75 Å². The number of hydrogen-bond acceptors (Lipinski definition) is 7. The molecule has 0 radical (unpaired) electrons. The van der Waals surface area contributed by atoms with E-state index in [2.05, 4.69) is 10.6 Å². The summed E-state index contributed by atoms with van der Waals surface area (Å²) < 4.78 is 9.98. The van der Waals surface area contributed by atoms with E-state index in [0.717, 1.165) is 6.07 Å². The number of alkyl carbamates (subject to hydrolysis) is 1. The molecular weight excluding hydrogens is 382 g/mol. The van der Waals surface area contributed by atoms with Gasteiger partial charge in [0.1, 0.15) is 0 Å². The topological polar surface area (TPSA) is 140 Å². The fraction of sp³-hybridized carbons (Fsp3) is 0.579. The third-order valence-corrected chi connectivity index (χ3v) is 3.85. The maximum absolute atomic E-state index is 12.4. The first-order valence-corrected chi connectivity index (χ1v) is 9.25. The number of carbonyl (C=O) groups is 2. The van der Waals surface area contributed by atoms with E-state index in [1.54, 1.807) is 6.92 Å². The Labute approximate surface area is 169 Å². The smallest absolute Gasteiger partial charge is 0.407 e. The van der Waals surface area contributed by atoms with E-state index in [-0.39, 0.29) is 29.5 Å². The standard InChI is InChI=1S/C19H29N3O7/c1-12(8-6-7-9-29-18(25)21-19(2,3)4)20-17(24)13-10-14(22(26)27)16(23)15(11-13)28-5/h10-12,23H,6-9H2,1-5H3,(H,20,24)(H,21,25). The third kappa shape index (κ3) is 8.24. The number of benzene rings is 1. The lowest BCUT2D eigenvalue weighted by atomic mass is 10.1. The van der Waals surface area contributed by atoms with Gasteiger partial charge in [0.2, 0.25) is 5.75 Å². The van der Waals surface area contributed by atoms with Crippen molar-refractivity contribution in [1.82, 2.24) is 10.6 Å². The predicted molar refractivity (Wildman–Crippen MR) is 106 cm³/mol. The van der Waals surface area contributed by atoms with Crippen molar-refractivity contribution in [3.05, 3.63) is 27.8 Å². The van der Waals surface area contributed by atoms with E-state index in [9.17, 15) is 24.8 Å². The van der Waals surface area contributed by atoms with Crippen LogP contribution in [0.15, 0.2) is 12.1 Å². The predicted octanol–water partition coefficient (Wildman–Crippen LogP) is 3.12. The van der Waals surface area contributed by atoms with Crippen LogP contribution in [0.25, 0.3) is 0 Å². The summed E-state index contributed by atoms with van der Waals surface area (Å²) in [6.45, 7) is 7.64. The molecule has 0 heterocycles. The molecule has 10 nitrogen and oxygen atoms in total. The van der Waals surface area contributed by atoms with Crippen LogP contribution < -0.4 is 15.4 Å². The van der Waals surface area contributed by atoms with Crippen molar-refractivity contribution in [2.75, 3.05) is 13.7 Å². The molecule has 1 rings (SSSR count). The van der Waals surface area contributed by atoms with Crippen LogP contribution in [0, 0.1) is 10.1 Å². The summed E-state index contributed by atoms with van der Waals surface area (Å²) in [7, 11) is 1.24. The highest BCUT2D eigenvalue weighted by molar-refractivity contribution is 5.96. The zero-order valence-electron chi connectivity index (χ0n) is 17.4. The molecule has 162 valence electrons. The molecule has 0 spiro atoms. The van der Waals surface area contributed by atoms with Crippen LogP contribution in [0.1, 0.15) is 57.3 Å². The Kier molecular flexibility index (Phi) is 8.68. The molecule has 0 fully saturated rings. The van der Waals surface area contributed by atoms with Gasteiger partial charge in [-0.3, -0.25) is 14.9 Å². The summed E-state index contributed by atoms with van der Waals surface area (Å²) >= 11 is 0. The average molecular weight is 411 g/mol. The van der Waals surface area contributed by atoms with Crippen LogP contribution in [0.2, 0.25) is 0 Å². The summed E-state index contributed by atoms with van der Waals surface area (Å²) in [5.41, 5.74) is -0.949. The molecule has 1 unspecified atom stereocenters. The number of carbonyl (C=O) groups excluding carboxylic acids is 2. The number of amides is 2. The molecule has 1 aromatic carbocycles. The van der Waals surface area contributed by atoms with Gasteiger partial charge in [-0.25, -0.2) is 4.79 Å². The minimum absolute atomic E-state index is 0.0142. The number of nitro groups is 1. The Morgan fingerprint density at radius 1 is 1.28 bits per heavy atom. The van der Waals surface area contributed by atoms with Crippen molar-refractivity contribution in [2.24, 2.45) is 0 Å². The van der Waals surface area contributed by atoms with Crippen LogP contribution in [0.3, 0.4) is 0 Å². The number of rotatable bonds is 9. The Bertz CT molecular complexity index is 744. The van der Waals surface area contributed by atoms with Crippen molar-refractivity contribution in [3.8, 4) is 11.5 Å². The van der Waals surface area contributed by atoms with Crippen LogP contribution in [0.4, 0.5) is 10.5 Å². The van der Waals surface area contributed by atoms with Crippen LogP contribution in [0.5, 0.6) is 11.5 Å². The number of unbranched alkanes of at least 4 members (excludes halogenated alkanes) is 1. The molecule has 29 heavy (non-hydrogen) atoms. The number of nitrogens with one attached hydrogen (secondary N) is 2. The number of phenolic OH excluding ortho intramolecular Hbond substituents is 1. The molecule has 0 saturated carbocycles. The largest absolute Gasteiger partial charge is 0.500 e. The van der Waals surface area contributed by atoms with Gasteiger partial charge in [0.25, 0.3) is 5.91 Å². The van der Waals surface area contributed by atoms with Gasteiger partial charge in [-0.2, -0.15) is 0 Å². The lowest BCUT2D eigenvalue weighted by Crippen LogP contribution is -2.41. The Balaban J connectivity index is 2.50. The molecule has 0 aromatic heterocycles. The van der Waals surface area contributed by atoms with Gasteiger partial charge < -0.3 is 25.2 Å². The van der Waals surface area contributed by atoms with Crippen LogP contribution in [-0.2, 0) is 4.74 Å². The highest BCUT2D eigenvalue weighted by Gasteiger charge is 2.23. The molecular formula is C19H29N3O7. The molecule has 0 saturated heterocycles. The lowest BCUT2D eigenvalue weighted by Gasteiger charge is -2.20. The molecule has 3 N–H and O–H groups in total. The Morgan fingerprint density at radius 2 is 1.93 bits per heavy atom. The number of nitrogens with zero attached hydrogens (tertiary/aromatic N) is 1. The average Bonchev–Trinajstić information content (AvgIpc) is 2.59. The molecule has 0 aliphatic heterocycles. The zero-order chi connectivity index (χ0) is 22.2. The monoisotopic (exact) mass is 411 g/mol. The SMILES string of the molecule is COc1cc(C(=O)NC(C)CCCCOC(=O)NC(C)(C)C)cc([N+](=O)[O-])c1O. The maximum Gasteiger partial charge on any atom is 0.407 e. The van der Waals surface area contributed by atoms with Crippen molar-refractivity contribution in [3.63, 3.8) is 0 Å². The molecule has 1 aromatic rings.